The minimum Gasteiger partial charge on any atom is -0.463 e. The maximum absolute atomic E-state index is 13.0. The molecule has 0 unspecified atom stereocenters. The van der Waals surface area contributed by atoms with Gasteiger partial charge >= 0.3 is 5.97 Å². The van der Waals surface area contributed by atoms with Crippen molar-refractivity contribution in [1.82, 2.24) is 9.62 Å². The Morgan fingerprint density at radius 2 is 2.16 bits per heavy atom. The van der Waals surface area contributed by atoms with E-state index in [4.69, 9.17) is 21.3 Å². The van der Waals surface area contributed by atoms with E-state index in [-0.39, 0.29) is 17.9 Å². The third-order valence-corrected chi connectivity index (χ3v) is 9.15. The van der Waals surface area contributed by atoms with Crippen LogP contribution in [0.1, 0.15) is 37.8 Å². The number of thioether (sulfide) groups is 1. The fourth-order valence-corrected chi connectivity index (χ4v) is 7.07. The molecular weight excluding hydrogens is 573 g/mol. The molecule has 1 saturated heterocycles. The molecule has 11 heteroatoms. The summed E-state index contributed by atoms with van der Waals surface area (Å²) in [6.45, 7) is 2.42. The minimum atomic E-state index is -3.35. The molecule has 7 nitrogen and oxygen atoms in total. The molecular formula is C20H23ClIN3O4S2. The first-order valence-corrected chi connectivity index (χ1v) is 14.2. The molecule has 168 valence electrons. The summed E-state index contributed by atoms with van der Waals surface area (Å²) in [7, 11) is -3.35. The van der Waals surface area contributed by atoms with Crippen molar-refractivity contribution in [2.75, 3.05) is 19.4 Å². The topological polar surface area (TPSA) is 88.1 Å². The Morgan fingerprint density at radius 1 is 1.42 bits per heavy atom. The summed E-state index contributed by atoms with van der Waals surface area (Å²) in [5.74, 6) is -0.447. The lowest BCUT2D eigenvalue weighted by molar-refractivity contribution is -0.139. The van der Waals surface area contributed by atoms with E-state index in [0.29, 0.717) is 36.4 Å². The number of fused-ring (bicyclic) bond motifs is 1. The molecule has 1 N–H and O–H groups in total. The van der Waals surface area contributed by atoms with Gasteiger partial charge in [-0.15, -0.1) is 0 Å². The maximum Gasteiger partial charge on any atom is 0.338 e. The number of benzene rings is 1. The van der Waals surface area contributed by atoms with Crippen molar-refractivity contribution >= 4 is 67.1 Å². The summed E-state index contributed by atoms with van der Waals surface area (Å²) in [5.41, 5.74) is 1.91. The molecule has 1 aromatic rings. The fourth-order valence-electron chi connectivity index (χ4n) is 3.93. The molecule has 0 radical (unpaired) electrons. The molecule has 4 rings (SSSR count). The van der Waals surface area contributed by atoms with Crippen LogP contribution in [0.3, 0.4) is 0 Å². The number of carbonyl (C=O) groups is 1. The summed E-state index contributed by atoms with van der Waals surface area (Å²) in [6.07, 6.45) is 3.72. The molecule has 0 amide bonds. The largest absolute Gasteiger partial charge is 0.463 e. The summed E-state index contributed by atoms with van der Waals surface area (Å²) in [6, 6.07) is 4.72. The number of hydrogen-bond acceptors (Lipinski definition) is 7. The van der Waals surface area contributed by atoms with Gasteiger partial charge in [-0.3, -0.25) is 0 Å². The lowest BCUT2D eigenvalue weighted by Crippen LogP contribution is -2.40. The van der Waals surface area contributed by atoms with Gasteiger partial charge in [0.2, 0.25) is 10.0 Å². The van der Waals surface area contributed by atoms with Gasteiger partial charge in [0.25, 0.3) is 0 Å². The lowest BCUT2D eigenvalue weighted by Gasteiger charge is -2.31. The van der Waals surface area contributed by atoms with Gasteiger partial charge in [0.05, 0.1) is 17.4 Å². The highest BCUT2D eigenvalue weighted by molar-refractivity contribution is 14.1. The zero-order chi connectivity index (χ0) is 22.3. The van der Waals surface area contributed by atoms with Crippen LogP contribution in [0, 0.1) is 3.57 Å². The van der Waals surface area contributed by atoms with Crippen molar-refractivity contribution in [2.45, 2.75) is 43.5 Å². The van der Waals surface area contributed by atoms with Gasteiger partial charge in [-0.25, -0.2) is 22.9 Å². The first-order valence-electron chi connectivity index (χ1n) is 10.0. The molecule has 3 aliphatic rings. The molecule has 0 bridgehead atoms. The van der Waals surface area contributed by atoms with E-state index in [0.717, 1.165) is 20.0 Å². The smallest absolute Gasteiger partial charge is 0.338 e. The van der Waals surface area contributed by atoms with Crippen LogP contribution in [0.15, 0.2) is 34.5 Å². The number of carbonyl (C=O) groups excluding carboxylic acids is 1. The van der Waals surface area contributed by atoms with Gasteiger partial charge in [0.15, 0.2) is 5.17 Å². The third-order valence-electron chi connectivity index (χ3n) is 5.45. The highest BCUT2D eigenvalue weighted by Crippen LogP contribution is 2.43. The Balaban J connectivity index is 1.76. The Morgan fingerprint density at radius 3 is 2.77 bits per heavy atom. The van der Waals surface area contributed by atoms with Crippen LogP contribution < -0.4 is 4.72 Å². The standard InChI is InChI=1S/C20H23ClIN3O4S2/c1-3-29-19(26)17-16-9-12(24-31(27,28)13-5-6-13)10-25(16)20(30-2)23-18(17)14-7-4-11(22)8-15(14)21/h4,7-8,12-13,18,24H,3,5-6,9-10H2,1-2H3/t12-,18-/m0/s1. The number of rotatable bonds is 6. The predicted octanol–water partition coefficient (Wildman–Crippen LogP) is 3.69. The van der Waals surface area contributed by atoms with Crippen LogP contribution in [0.25, 0.3) is 0 Å². The van der Waals surface area contributed by atoms with E-state index in [1.54, 1.807) is 6.92 Å². The van der Waals surface area contributed by atoms with Crippen molar-refractivity contribution in [3.05, 3.63) is 43.6 Å². The first kappa shape index (κ1) is 23.3. The average molecular weight is 596 g/mol. The number of hydrogen-bond donors (Lipinski definition) is 1. The van der Waals surface area contributed by atoms with E-state index in [1.807, 2.05) is 29.4 Å². The molecule has 0 spiro atoms. The van der Waals surface area contributed by atoms with Gasteiger partial charge < -0.3 is 9.64 Å². The number of amidine groups is 1. The number of sulfonamides is 1. The second-order valence-electron chi connectivity index (χ2n) is 7.64. The average Bonchev–Trinajstić information content (AvgIpc) is 3.49. The van der Waals surface area contributed by atoms with Crippen LogP contribution in [-0.4, -0.2) is 55.2 Å². The van der Waals surface area contributed by atoms with Crippen molar-refractivity contribution < 1.29 is 17.9 Å². The van der Waals surface area contributed by atoms with Crippen molar-refractivity contribution in [1.29, 1.82) is 0 Å². The Hall–Kier alpha value is -0.820. The summed E-state index contributed by atoms with van der Waals surface area (Å²) in [4.78, 5) is 19.8. The molecule has 1 aliphatic carbocycles. The summed E-state index contributed by atoms with van der Waals surface area (Å²) >= 11 is 10.2. The van der Waals surface area contributed by atoms with E-state index >= 15 is 0 Å². The van der Waals surface area contributed by atoms with Crippen LogP contribution in [0.4, 0.5) is 0 Å². The van der Waals surface area contributed by atoms with Crippen molar-refractivity contribution in [2.24, 2.45) is 4.99 Å². The van der Waals surface area contributed by atoms with Crippen LogP contribution >= 0.6 is 46.0 Å². The number of esters is 1. The van der Waals surface area contributed by atoms with E-state index in [9.17, 15) is 13.2 Å². The number of nitrogens with one attached hydrogen (secondary N) is 1. The van der Waals surface area contributed by atoms with E-state index in [2.05, 4.69) is 27.3 Å². The number of halogens is 2. The normalized spacial score (nSPS) is 23.6. The minimum absolute atomic E-state index is 0.236. The molecule has 2 aliphatic heterocycles. The molecule has 1 saturated carbocycles. The van der Waals surface area contributed by atoms with E-state index in [1.165, 1.54) is 11.8 Å². The number of ether oxygens (including phenoxy) is 1. The molecule has 2 fully saturated rings. The van der Waals surface area contributed by atoms with Crippen LogP contribution in [-0.2, 0) is 19.6 Å². The molecule has 0 aromatic heterocycles. The third kappa shape index (κ3) is 4.78. The van der Waals surface area contributed by atoms with Crippen LogP contribution in [0.2, 0.25) is 5.02 Å². The highest BCUT2D eigenvalue weighted by atomic mass is 127. The highest BCUT2D eigenvalue weighted by Gasteiger charge is 2.44. The van der Waals surface area contributed by atoms with E-state index < -0.39 is 22.0 Å². The van der Waals surface area contributed by atoms with Crippen LogP contribution in [0.5, 0.6) is 0 Å². The molecule has 1 aromatic carbocycles. The zero-order valence-corrected chi connectivity index (χ0v) is 21.6. The Bertz CT molecular complexity index is 1070. The zero-order valence-electron chi connectivity index (χ0n) is 17.1. The Kier molecular flexibility index (Phi) is 6.93. The Labute approximate surface area is 205 Å². The second-order valence-corrected chi connectivity index (χ2v) is 12.1. The quantitative estimate of drug-likeness (QED) is 0.399. The lowest BCUT2D eigenvalue weighted by atomic mass is 9.95. The number of nitrogens with zero attached hydrogens (tertiary/aromatic N) is 2. The van der Waals surface area contributed by atoms with Gasteiger partial charge in [-0.2, -0.15) is 0 Å². The number of aliphatic imine (C=N–C) groups is 1. The first-order chi connectivity index (χ1) is 14.7. The van der Waals surface area contributed by atoms with Gasteiger partial charge in [0, 0.05) is 38.9 Å². The van der Waals surface area contributed by atoms with Gasteiger partial charge in [0.1, 0.15) is 6.04 Å². The molecule has 31 heavy (non-hydrogen) atoms. The summed E-state index contributed by atoms with van der Waals surface area (Å²) in [5, 5.41) is 0.965. The summed E-state index contributed by atoms with van der Waals surface area (Å²) < 4.78 is 34.2. The SMILES string of the molecule is CCOC(=O)C1=C2C[C@H](NS(=O)(=O)C3CC3)CN2C(SC)=N[C@H]1c1ccc(I)cc1Cl. The fraction of sp³-hybridized carbons (Fsp3) is 0.500. The second kappa shape index (κ2) is 9.20. The monoisotopic (exact) mass is 595 g/mol. The van der Waals surface area contributed by atoms with Gasteiger partial charge in [-0.1, -0.05) is 29.4 Å². The molecule has 2 atom stereocenters. The maximum atomic E-state index is 13.0. The van der Waals surface area contributed by atoms with Gasteiger partial charge in [-0.05, 0) is 60.7 Å². The van der Waals surface area contributed by atoms with Crippen molar-refractivity contribution in [3.8, 4) is 0 Å². The molecule has 2 heterocycles. The van der Waals surface area contributed by atoms with Crippen molar-refractivity contribution in [3.63, 3.8) is 0 Å². The predicted molar refractivity (Wildman–Crippen MR) is 132 cm³/mol.